The van der Waals surface area contributed by atoms with Crippen molar-refractivity contribution in [2.24, 2.45) is 0 Å². The van der Waals surface area contributed by atoms with E-state index in [0.717, 1.165) is 37.9 Å². The van der Waals surface area contributed by atoms with E-state index >= 15 is 0 Å². The summed E-state index contributed by atoms with van der Waals surface area (Å²) in [4.78, 5) is 16.6. The van der Waals surface area contributed by atoms with Crippen molar-refractivity contribution in [3.05, 3.63) is 23.5 Å². The molecule has 1 saturated heterocycles. The standard InChI is InChI=1S/C16H25N3O3/c1-13-14(22-12-6-11-21-2)7-8-17-15(13)16(20)18-19-9-4-3-5-10-19/h7-8H,3-6,9-12H2,1-2H3,(H,18,20). The quantitative estimate of drug-likeness (QED) is 0.780. The Bertz CT molecular complexity index is 488. The number of aromatic nitrogens is 1. The number of carbonyl (C=O) groups excluding carboxylic acids is 1. The van der Waals surface area contributed by atoms with Gasteiger partial charge in [-0.05, 0) is 25.8 Å². The average molecular weight is 307 g/mol. The number of hydrogen-bond acceptors (Lipinski definition) is 5. The number of methoxy groups -OCH3 is 1. The van der Waals surface area contributed by atoms with Crippen molar-refractivity contribution in [1.82, 2.24) is 15.4 Å². The number of piperidine rings is 1. The van der Waals surface area contributed by atoms with E-state index in [1.54, 1.807) is 19.4 Å². The third-order valence-corrected chi connectivity index (χ3v) is 3.74. The topological polar surface area (TPSA) is 63.7 Å². The fourth-order valence-corrected chi connectivity index (χ4v) is 2.49. The smallest absolute Gasteiger partial charge is 0.284 e. The molecule has 0 spiro atoms. The van der Waals surface area contributed by atoms with Crippen molar-refractivity contribution in [2.45, 2.75) is 32.6 Å². The Balaban J connectivity index is 1.96. The maximum atomic E-state index is 12.4. The second kappa shape index (κ2) is 8.70. The summed E-state index contributed by atoms with van der Waals surface area (Å²) in [5, 5.41) is 1.97. The molecule has 2 heterocycles. The van der Waals surface area contributed by atoms with E-state index in [0.29, 0.717) is 24.7 Å². The molecule has 6 nitrogen and oxygen atoms in total. The molecule has 0 atom stereocenters. The van der Waals surface area contributed by atoms with Crippen molar-refractivity contribution in [3.63, 3.8) is 0 Å². The molecule has 1 aliphatic heterocycles. The molecule has 1 fully saturated rings. The summed E-state index contributed by atoms with van der Waals surface area (Å²) in [5.41, 5.74) is 4.13. The number of pyridine rings is 1. The minimum atomic E-state index is -0.165. The van der Waals surface area contributed by atoms with Crippen LogP contribution in [0.25, 0.3) is 0 Å². The van der Waals surface area contributed by atoms with Crippen LogP contribution in [0.1, 0.15) is 41.7 Å². The van der Waals surface area contributed by atoms with E-state index in [1.807, 2.05) is 11.9 Å². The Hall–Kier alpha value is -1.66. The van der Waals surface area contributed by atoms with E-state index in [-0.39, 0.29) is 5.91 Å². The Morgan fingerprint density at radius 2 is 2.09 bits per heavy atom. The van der Waals surface area contributed by atoms with Crippen molar-refractivity contribution in [2.75, 3.05) is 33.4 Å². The van der Waals surface area contributed by atoms with Crippen LogP contribution in [0.3, 0.4) is 0 Å². The van der Waals surface area contributed by atoms with Crippen LogP contribution in [-0.4, -0.2) is 49.3 Å². The van der Waals surface area contributed by atoms with Gasteiger partial charge in [0.25, 0.3) is 5.91 Å². The van der Waals surface area contributed by atoms with Crippen LogP contribution in [0.15, 0.2) is 12.3 Å². The second-order valence-electron chi connectivity index (χ2n) is 5.47. The lowest BCUT2D eigenvalue weighted by molar-refractivity contribution is 0.0743. The molecule has 22 heavy (non-hydrogen) atoms. The third-order valence-electron chi connectivity index (χ3n) is 3.74. The molecule has 1 aromatic heterocycles. The zero-order chi connectivity index (χ0) is 15.8. The van der Waals surface area contributed by atoms with Gasteiger partial charge in [-0.2, -0.15) is 0 Å². The van der Waals surface area contributed by atoms with Gasteiger partial charge < -0.3 is 9.47 Å². The molecule has 1 aliphatic rings. The number of carbonyl (C=O) groups is 1. The summed E-state index contributed by atoms with van der Waals surface area (Å²) in [6.45, 7) is 4.89. The average Bonchev–Trinajstić information content (AvgIpc) is 2.54. The molecule has 0 aromatic carbocycles. The molecule has 1 amide bonds. The first-order valence-corrected chi connectivity index (χ1v) is 7.85. The molecule has 6 heteroatoms. The molecule has 2 rings (SSSR count). The van der Waals surface area contributed by atoms with E-state index in [4.69, 9.17) is 9.47 Å². The highest BCUT2D eigenvalue weighted by Gasteiger charge is 2.18. The molecule has 0 radical (unpaired) electrons. The fraction of sp³-hybridized carbons (Fsp3) is 0.625. The highest BCUT2D eigenvalue weighted by atomic mass is 16.5. The first-order chi connectivity index (χ1) is 10.7. The van der Waals surface area contributed by atoms with Gasteiger partial charge in [0.2, 0.25) is 0 Å². The fourth-order valence-electron chi connectivity index (χ4n) is 2.49. The highest BCUT2D eigenvalue weighted by Crippen LogP contribution is 2.20. The zero-order valence-corrected chi connectivity index (χ0v) is 13.4. The predicted octanol–water partition coefficient (Wildman–Crippen LogP) is 1.94. The van der Waals surface area contributed by atoms with Gasteiger partial charge in [-0.1, -0.05) is 6.42 Å². The number of rotatable bonds is 7. The summed E-state index contributed by atoms with van der Waals surface area (Å²) >= 11 is 0. The number of hydrazine groups is 1. The number of hydrogen-bond donors (Lipinski definition) is 1. The van der Waals surface area contributed by atoms with Crippen molar-refractivity contribution >= 4 is 5.91 Å². The first-order valence-electron chi connectivity index (χ1n) is 7.85. The van der Waals surface area contributed by atoms with Crippen molar-refractivity contribution < 1.29 is 14.3 Å². The summed E-state index contributed by atoms with van der Waals surface area (Å²) in [6.07, 6.45) is 5.90. The Morgan fingerprint density at radius 1 is 1.32 bits per heavy atom. The minimum Gasteiger partial charge on any atom is -0.493 e. The highest BCUT2D eigenvalue weighted by molar-refractivity contribution is 5.93. The first kappa shape index (κ1) is 16.7. The molecular formula is C16H25N3O3. The van der Waals surface area contributed by atoms with Crippen molar-refractivity contribution in [3.8, 4) is 5.75 Å². The summed E-state index contributed by atoms with van der Waals surface area (Å²) < 4.78 is 10.7. The molecule has 1 N–H and O–H groups in total. The Labute approximate surface area is 131 Å². The van der Waals surface area contributed by atoms with Gasteiger partial charge in [0.05, 0.1) is 6.61 Å². The monoisotopic (exact) mass is 307 g/mol. The van der Waals surface area contributed by atoms with Gasteiger partial charge in [-0.3, -0.25) is 15.2 Å². The Morgan fingerprint density at radius 3 is 2.82 bits per heavy atom. The lowest BCUT2D eigenvalue weighted by Gasteiger charge is -2.26. The third kappa shape index (κ3) is 4.68. The molecule has 0 saturated carbocycles. The second-order valence-corrected chi connectivity index (χ2v) is 5.47. The van der Waals surface area contributed by atoms with Crippen LogP contribution in [0, 0.1) is 6.92 Å². The summed E-state index contributed by atoms with van der Waals surface area (Å²) in [6, 6.07) is 1.79. The van der Waals surface area contributed by atoms with Gasteiger partial charge in [0.15, 0.2) is 0 Å². The maximum absolute atomic E-state index is 12.4. The molecule has 0 aliphatic carbocycles. The Kier molecular flexibility index (Phi) is 6.61. The lowest BCUT2D eigenvalue weighted by atomic mass is 10.1. The van der Waals surface area contributed by atoms with Crippen LogP contribution in [0.5, 0.6) is 5.75 Å². The SMILES string of the molecule is COCCCOc1ccnc(C(=O)NN2CCCCC2)c1C. The number of ether oxygens (including phenoxy) is 2. The van der Waals surface area contributed by atoms with Gasteiger partial charge in [0.1, 0.15) is 11.4 Å². The molecule has 0 unspecified atom stereocenters. The summed E-state index contributed by atoms with van der Waals surface area (Å²) in [7, 11) is 1.67. The van der Waals surface area contributed by atoms with Crippen LogP contribution in [0.4, 0.5) is 0 Å². The lowest BCUT2D eigenvalue weighted by Crippen LogP contribution is -2.45. The van der Waals surface area contributed by atoms with E-state index < -0.39 is 0 Å². The van der Waals surface area contributed by atoms with E-state index in [2.05, 4.69) is 10.4 Å². The van der Waals surface area contributed by atoms with Crippen LogP contribution in [0.2, 0.25) is 0 Å². The molecule has 122 valence electrons. The van der Waals surface area contributed by atoms with E-state index in [9.17, 15) is 4.79 Å². The van der Waals surface area contributed by atoms with Gasteiger partial charge in [-0.25, -0.2) is 5.01 Å². The number of nitrogens with zero attached hydrogens (tertiary/aromatic N) is 2. The number of nitrogens with one attached hydrogen (secondary N) is 1. The van der Waals surface area contributed by atoms with Gasteiger partial charge >= 0.3 is 0 Å². The van der Waals surface area contributed by atoms with Crippen molar-refractivity contribution in [1.29, 1.82) is 0 Å². The van der Waals surface area contributed by atoms with Crippen LogP contribution in [-0.2, 0) is 4.74 Å². The summed E-state index contributed by atoms with van der Waals surface area (Å²) in [5.74, 6) is 0.539. The van der Waals surface area contributed by atoms with Gasteiger partial charge in [-0.15, -0.1) is 0 Å². The molecular weight excluding hydrogens is 282 g/mol. The van der Waals surface area contributed by atoms with Gasteiger partial charge in [0, 0.05) is 45.0 Å². The van der Waals surface area contributed by atoms with Crippen LogP contribution < -0.4 is 10.2 Å². The zero-order valence-electron chi connectivity index (χ0n) is 13.4. The molecule has 1 aromatic rings. The normalized spacial score (nSPS) is 15.5. The molecule has 0 bridgehead atoms. The van der Waals surface area contributed by atoms with E-state index in [1.165, 1.54) is 6.42 Å². The maximum Gasteiger partial charge on any atom is 0.284 e. The largest absolute Gasteiger partial charge is 0.493 e. The minimum absolute atomic E-state index is 0.165. The van der Waals surface area contributed by atoms with Crippen LogP contribution >= 0.6 is 0 Å². The predicted molar refractivity (Wildman–Crippen MR) is 83.9 cm³/mol. The number of amides is 1.